The Hall–Kier alpha value is -7.42. The van der Waals surface area contributed by atoms with E-state index in [0.29, 0.717) is 44.3 Å². The number of aliphatic hydroxyl groups is 3. The fourth-order valence-electron chi connectivity index (χ4n) is 17.8. The molecule has 14 atom stereocenters. The van der Waals surface area contributed by atoms with Crippen LogP contribution in [0.25, 0.3) is 0 Å². The molecule has 27 heteroatoms. The van der Waals surface area contributed by atoms with E-state index in [0.717, 1.165) is 155 Å². The molecule has 672 valence electrons. The molecule has 0 amide bonds. The number of fused-ring (bicyclic) bond motifs is 14. The van der Waals surface area contributed by atoms with Crippen LogP contribution in [0.3, 0.4) is 0 Å². The van der Waals surface area contributed by atoms with Crippen LogP contribution in [0, 0.1) is 41.5 Å². The molecule has 6 aliphatic carbocycles. The van der Waals surface area contributed by atoms with E-state index in [4.69, 9.17) is 39.4 Å². The summed E-state index contributed by atoms with van der Waals surface area (Å²) in [6.45, 7) is 25.4. The van der Waals surface area contributed by atoms with Crippen LogP contribution < -0.4 is 16.4 Å². The molecule has 0 saturated carbocycles. The van der Waals surface area contributed by atoms with Crippen LogP contribution in [0.1, 0.15) is 229 Å². The number of hydrogen-bond donors (Lipinski definition) is 10. The molecule has 4 heterocycles. The minimum atomic E-state index is -4.02. The molecule has 0 aromatic heterocycles. The second-order valence-electron chi connectivity index (χ2n) is 33.5. The lowest BCUT2D eigenvalue weighted by atomic mass is 9.83. The number of morpholine rings is 4. The first-order valence-electron chi connectivity index (χ1n) is 43.5. The van der Waals surface area contributed by atoms with Crippen molar-refractivity contribution in [2.24, 2.45) is 5.73 Å². The van der Waals surface area contributed by atoms with Crippen molar-refractivity contribution in [3.8, 4) is 5.75 Å². The number of hydrogen-bond acceptors (Lipinski definition) is 20. The van der Waals surface area contributed by atoms with Crippen molar-refractivity contribution in [2.75, 3.05) is 63.0 Å². The summed E-state index contributed by atoms with van der Waals surface area (Å²) in [4.78, 5) is 49.8. The Labute approximate surface area is 743 Å². The number of ether oxygens (including phenoxy) is 4. The Balaban J connectivity index is 0.000000161. The van der Waals surface area contributed by atoms with Gasteiger partial charge in [-0.15, -0.1) is 0 Å². The molecule has 23 nitrogen and oxygen atoms in total. The molecule has 7 aromatic carbocycles. The Morgan fingerprint density at radius 3 is 1.39 bits per heavy atom. The van der Waals surface area contributed by atoms with Gasteiger partial charge < -0.3 is 66.0 Å². The van der Waals surface area contributed by atoms with Crippen molar-refractivity contribution in [2.45, 2.75) is 262 Å². The van der Waals surface area contributed by atoms with Gasteiger partial charge in [-0.3, -0.25) is 38.4 Å². The maximum Gasteiger partial charge on any atom is 0.320 e. The number of benzene rings is 7. The van der Waals surface area contributed by atoms with Gasteiger partial charge in [0.05, 0.1) is 49.3 Å². The number of esters is 2. The summed E-state index contributed by atoms with van der Waals surface area (Å²) in [5.41, 5.74) is 27.0. The van der Waals surface area contributed by atoms with Crippen LogP contribution in [0.5, 0.6) is 5.75 Å². The number of carbonyl (C=O) groups excluding carboxylic acids is 2. The number of β-amino-alcohol motifs (C(OH)–C–C–N with tert-alkyl or cyclic N) is 1. The van der Waals surface area contributed by atoms with Crippen LogP contribution >= 0.6 is 31.9 Å². The highest BCUT2D eigenvalue weighted by Crippen LogP contribution is 2.44. The van der Waals surface area contributed by atoms with Gasteiger partial charge in [0, 0.05) is 42.1 Å². The number of nitrogens with zero attached hydrogens (tertiary/aromatic N) is 3. The minimum absolute atomic E-state index is 0.0347. The van der Waals surface area contributed by atoms with E-state index in [2.05, 4.69) is 172 Å². The van der Waals surface area contributed by atoms with Gasteiger partial charge in [-0.1, -0.05) is 202 Å². The smallest absolute Gasteiger partial charge is 0.320 e. The molecule has 4 fully saturated rings. The number of carboxylic acids is 2. The SMILES string of the molecule is CCCBr.CCCN1CC(=O)O[C@@H]2c3cc(C)ccc3CC[C@H]21.CCCN1CC(O)O[C@@H]2c3cc(C)ccc3CC[C@H]21.CCCN1CC([18F])O[C@@H]2c3cc(O)ccc3CC[C@H]21.Cc1ccc(S(=O)(=O)O)cc1.Cc1ccc2c(c1)[C@@H](O)[C@H](N)CC2.Cc1ccc2c(c1)[C@@H](O)[C@H](NCC(=O)O)CC2.Cc1ccc2c(c1)[C@H]1OC(=O)CN[C@@H]1CC2.O=C(O)CBr. The number of rotatable bonds is 12. The number of phenolic OH excluding ortho intramolecular Hbond substituents is 1. The molecule has 0 bridgehead atoms. The van der Waals surface area contributed by atoms with Crippen molar-refractivity contribution in [3.05, 3.63) is 234 Å². The minimum Gasteiger partial charge on any atom is -0.508 e. The van der Waals surface area contributed by atoms with E-state index in [9.17, 15) is 52.4 Å². The zero-order valence-electron chi connectivity index (χ0n) is 72.8. The predicted molar refractivity (Wildman–Crippen MR) is 483 cm³/mol. The Morgan fingerprint density at radius 2 is 0.902 bits per heavy atom. The number of carboxylic acid groups (broad SMARTS) is 2. The lowest BCUT2D eigenvalue weighted by Crippen LogP contribution is -2.52. The first-order chi connectivity index (χ1) is 58.7. The van der Waals surface area contributed by atoms with E-state index < -0.39 is 46.9 Å². The van der Waals surface area contributed by atoms with Crippen LogP contribution in [-0.2, 0) is 86.8 Å². The number of halogens is 3. The molecule has 4 aliphatic heterocycles. The first kappa shape index (κ1) is 99.4. The lowest BCUT2D eigenvalue weighted by Gasteiger charge is -2.46. The first-order valence-corrected chi connectivity index (χ1v) is 47.1. The maximum absolute atomic E-state index is 13.8. The Bertz CT molecular complexity index is 4650. The predicted octanol–water partition coefficient (Wildman–Crippen LogP) is 15.1. The third kappa shape index (κ3) is 28.3. The molecular weight excluding hydrogens is 1720 g/mol. The average molecular weight is 1850 g/mol. The van der Waals surface area contributed by atoms with Gasteiger partial charge in [0.2, 0.25) is 6.36 Å². The summed E-state index contributed by atoms with van der Waals surface area (Å²) in [6, 6.07) is 44.3. The molecule has 11 N–H and O–H groups in total. The second kappa shape index (κ2) is 47.9. The summed E-state index contributed by atoms with van der Waals surface area (Å²) in [7, 11) is -4.02. The van der Waals surface area contributed by atoms with Gasteiger partial charge >= 0.3 is 23.9 Å². The zero-order valence-corrected chi connectivity index (χ0v) is 76.8. The molecule has 10 aliphatic rings. The number of nitrogens with two attached hydrogens (primary N) is 1. The molecule has 2 unspecified atom stereocenters. The molecule has 7 aromatic rings. The number of nitrogens with one attached hydrogen (secondary N) is 2. The van der Waals surface area contributed by atoms with Crippen molar-refractivity contribution in [3.63, 3.8) is 0 Å². The number of aromatic hydroxyl groups is 1. The monoisotopic (exact) mass is 1850 g/mol. The van der Waals surface area contributed by atoms with E-state index >= 15 is 0 Å². The molecule has 0 radical (unpaired) electrons. The van der Waals surface area contributed by atoms with Crippen LogP contribution in [0.15, 0.2) is 138 Å². The van der Waals surface area contributed by atoms with Crippen molar-refractivity contribution in [1.82, 2.24) is 25.3 Å². The van der Waals surface area contributed by atoms with Crippen molar-refractivity contribution < 1.29 is 86.1 Å². The van der Waals surface area contributed by atoms with Crippen molar-refractivity contribution >= 4 is 65.9 Å². The second-order valence-corrected chi connectivity index (χ2v) is 36.3. The number of alkyl halides is 3. The highest BCUT2D eigenvalue weighted by Gasteiger charge is 2.44. The maximum atomic E-state index is 13.8. The van der Waals surface area contributed by atoms with Gasteiger partial charge in [0.15, 0.2) is 6.29 Å². The van der Waals surface area contributed by atoms with Crippen molar-refractivity contribution in [1.29, 1.82) is 0 Å². The molecule has 4 saturated heterocycles. The molecule has 123 heavy (non-hydrogen) atoms. The van der Waals surface area contributed by atoms with Gasteiger partial charge in [0.1, 0.15) is 35.5 Å². The number of aliphatic hydroxyl groups excluding tert-OH is 3. The summed E-state index contributed by atoms with van der Waals surface area (Å²) in [6.07, 6.45) is 13.2. The summed E-state index contributed by atoms with van der Waals surface area (Å²) >= 11 is 5.96. The van der Waals surface area contributed by atoms with Gasteiger partial charge in [-0.25, -0.2) is 4.39 Å². The molecule has 0 spiro atoms. The van der Waals surface area contributed by atoms with Gasteiger partial charge in [0.25, 0.3) is 10.1 Å². The fourth-order valence-corrected chi connectivity index (χ4v) is 18.3. The summed E-state index contributed by atoms with van der Waals surface area (Å²) in [5, 5.41) is 63.3. The average Bonchev–Trinajstić information content (AvgIpc) is 0.754. The third-order valence-corrected chi connectivity index (χ3v) is 26.0. The number of carbonyl (C=O) groups is 4. The zero-order chi connectivity index (χ0) is 89.4. The third-order valence-electron chi connectivity index (χ3n) is 23.8. The van der Waals surface area contributed by atoms with Gasteiger partial charge in [-0.2, -0.15) is 8.42 Å². The highest BCUT2D eigenvalue weighted by molar-refractivity contribution is 9.09. The number of aliphatic carboxylic acids is 2. The Morgan fingerprint density at radius 1 is 0.504 bits per heavy atom. The summed E-state index contributed by atoms with van der Waals surface area (Å²) in [5.74, 6) is -1.72. The number of phenols is 1. The summed E-state index contributed by atoms with van der Waals surface area (Å²) < 4.78 is 65.9. The van der Waals surface area contributed by atoms with Gasteiger partial charge in [-0.05, 0) is 255 Å². The topological polar surface area (TPSA) is 341 Å². The van der Waals surface area contributed by atoms with Crippen LogP contribution in [0.2, 0.25) is 0 Å². The number of aryl methyl sites for hydroxylation is 12. The molecular formula is C96H129Br2FN6O17S. The van der Waals surface area contributed by atoms with E-state index in [1.54, 1.807) is 24.3 Å². The normalized spacial score (nSPS) is 24.9. The Kier molecular flexibility index (Phi) is 38.7. The standard InChI is InChI=1S/C16H23NO2.C16H21NO2.C15H20FNO2.C13H17NO3.C13H15NO2.C11H15NO.C7H8O3S.C3H7Br.C2H3BrO2/c2*1-3-8-17-10-15(18)19-16-13-9-11(2)4-5-12(13)6-7-14(16)17;1-2-7-17-9-14(16)19-15-12-8-11(18)5-3-10(12)4-6-13(15)17;1-8-2-3-9-4-5-11(14-7-12(15)16)13(17)10(9)6-8;1-8-2-3-9-4-5-11-13(10(9)6-8)16-12(15)7-14-11;1-7-2-3-8-4-5-10(12)11(13)9(8)6-7;1-6-2-4-7(5-3-6)11(8,9)10;1-2-3-4;3-1-2(4)5/h4-5,9,14-16,18H,3,6-8,10H2,1-2H3;4-5,9,14,16H,3,6-8,10H2,1-2H3;3,5,8,13-15,18H,2,4,6-7,9H2,1H3;2-3,6,11,13-14,17H,4-5,7H2,1H3,(H,15,16);2-3,6,11,13-14H,4-5,7H2,1H3;2-3,6,10-11,13H,4-5,12H2,1H3;2-5H,1H3,(H,8,9,10);2-3H2,1H3;1H2,(H,4,5)/t14-,15?,16-;14-,16-;13-,14?,15-;2*11-,13-;10-,11-;;;/m111111.../s1/i;;16-1;;;;;;. The van der Waals surface area contributed by atoms with Crippen LogP contribution in [-0.4, -0.2) is 194 Å². The van der Waals surface area contributed by atoms with Crippen LogP contribution in [0.4, 0.5) is 4.39 Å². The van der Waals surface area contributed by atoms with E-state index in [1.165, 1.54) is 85.3 Å². The highest BCUT2D eigenvalue weighted by atomic mass is 79.9. The lowest BCUT2D eigenvalue weighted by molar-refractivity contribution is -0.210. The largest absolute Gasteiger partial charge is 0.508 e. The fraction of sp³-hybridized carbons (Fsp3) is 0.521. The van der Waals surface area contributed by atoms with E-state index in [1.807, 2.05) is 51.1 Å². The quantitative estimate of drug-likeness (QED) is 0.0309. The van der Waals surface area contributed by atoms with E-state index in [-0.39, 0.29) is 77.0 Å². The molecule has 17 rings (SSSR count).